The van der Waals surface area contributed by atoms with Crippen molar-refractivity contribution in [3.8, 4) is 5.75 Å². The standard InChI is InChI=1S/C26H30N4O3/c1-19(13-20-5-3-2-4-6-20)16-29-9-11-30(12-10-29)17-25-23-18-32-24-14-21(15-27-31)7-8-22(24)26(23)28-33-25/h2-8,13-15,23,25,31H,9-12,16-18H2,1H3. The number of oxime groups is 2. The highest BCUT2D eigenvalue weighted by Crippen LogP contribution is 2.34. The van der Waals surface area contributed by atoms with Gasteiger partial charge in [0.05, 0.1) is 12.1 Å². The molecule has 3 heterocycles. The molecule has 2 atom stereocenters. The molecule has 0 bridgehead atoms. The molecule has 0 amide bonds. The second-order valence-electron chi connectivity index (χ2n) is 9.02. The highest BCUT2D eigenvalue weighted by Gasteiger charge is 2.40. The van der Waals surface area contributed by atoms with E-state index in [1.54, 1.807) is 0 Å². The summed E-state index contributed by atoms with van der Waals surface area (Å²) in [7, 11) is 0. The van der Waals surface area contributed by atoms with Crippen molar-refractivity contribution >= 4 is 18.0 Å². The molecule has 2 aromatic carbocycles. The van der Waals surface area contributed by atoms with Crippen LogP contribution in [0.3, 0.4) is 0 Å². The lowest BCUT2D eigenvalue weighted by molar-refractivity contribution is 0.0101. The molecule has 1 fully saturated rings. The molecule has 7 heteroatoms. The summed E-state index contributed by atoms with van der Waals surface area (Å²) < 4.78 is 6.02. The third-order valence-electron chi connectivity index (χ3n) is 6.58. The maximum atomic E-state index is 8.76. The van der Waals surface area contributed by atoms with E-state index in [1.165, 1.54) is 17.4 Å². The Labute approximate surface area is 194 Å². The third kappa shape index (κ3) is 4.94. The molecule has 0 spiro atoms. The van der Waals surface area contributed by atoms with Gasteiger partial charge in [-0.2, -0.15) is 0 Å². The molecule has 2 aromatic rings. The Morgan fingerprint density at radius 3 is 2.67 bits per heavy atom. The SMILES string of the molecule is CC(=Cc1ccccc1)CN1CCN(CC2ON=C3c4ccc(C=NO)cc4OCC32)CC1. The fourth-order valence-electron chi connectivity index (χ4n) is 4.85. The van der Waals surface area contributed by atoms with Crippen LogP contribution < -0.4 is 4.74 Å². The van der Waals surface area contributed by atoms with Crippen molar-refractivity contribution in [1.82, 2.24) is 9.80 Å². The summed E-state index contributed by atoms with van der Waals surface area (Å²) in [4.78, 5) is 10.9. The smallest absolute Gasteiger partial charge is 0.151 e. The lowest BCUT2D eigenvalue weighted by Crippen LogP contribution is -2.50. The number of rotatable bonds is 6. The average molecular weight is 447 g/mol. The quantitative estimate of drug-likeness (QED) is 0.419. The largest absolute Gasteiger partial charge is 0.492 e. The van der Waals surface area contributed by atoms with Gasteiger partial charge in [0.2, 0.25) is 0 Å². The summed E-state index contributed by atoms with van der Waals surface area (Å²) in [5.74, 6) is 0.906. The molecule has 172 valence electrons. The van der Waals surface area contributed by atoms with Gasteiger partial charge in [-0.1, -0.05) is 58.4 Å². The molecule has 33 heavy (non-hydrogen) atoms. The van der Waals surface area contributed by atoms with Gasteiger partial charge in [0.15, 0.2) is 6.10 Å². The Hall–Kier alpha value is -3.16. The molecule has 7 nitrogen and oxygen atoms in total. The maximum Gasteiger partial charge on any atom is 0.151 e. The van der Waals surface area contributed by atoms with Crippen LogP contribution in [-0.4, -0.2) is 78.9 Å². The number of ether oxygens (including phenoxy) is 1. The van der Waals surface area contributed by atoms with E-state index in [0.29, 0.717) is 6.61 Å². The molecule has 3 aliphatic heterocycles. The van der Waals surface area contributed by atoms with Crippen molar-refractivity contribution in [2.75, 3.05) is 45.9 Å². The molecule has 2 unspecified atom stereocenters. The van der Waals surface area contributed by atoms with Crippen LogP contribution in [0, 0.1) is 5.92 Å². The van der Waals surface area contributed by atoms with Crippen molar-refractivity contribution < 1.29 is 14.8 Å². The fraction of sp³-hybridized carbons (Fsp3) is 0.385. The van der Waals surface area contributed by atoms with Crippen LogP contribution in [0.4, 0.5) is 0 Å². The van der Waals surface area contributed by atoms with E-state index < -0.39 is 0 Å². The number of fused-ring (bicyclic) bond motifs is 3. The van der Waals surface area contributed by atoms with Gasteiger partial charge in [0.25, 0.3) is 0 Å². The second-order valence-corrected chi connectivity index (χ2v) is 9.02. The van der Waals surface area contributed by atoms with Crippen LogP contribution in [0.15, 0.2) is 64.4 Å². The third-order valence-corrected chi connectivity index (χ3v) is 6.58. The molecule has 5 rings (SSSR count). The van der Waals surface area contributed by atoms with Crippen molar-refractivity contribution in [3.63, 3.8) is 0 Å². The first-order chi connectivity index (χ1) is 16.2. The first-order valence-electron chi connectivity index (χ1n) is 11.5. The number of benzene rings is 2. The van der Waals surface area contributed by atoms with Crippen LogP contribution in [0.1, 0.15) is 23.6 Å². The Kier molecular flexibility index (Phi) is 6.41. The molecule has 3 aliphatic rings. The van der Waals surface area contributed by atoms with E-state index in [1.807, 2.05) is 18.2 Å². The van der Waals surface area contributed by atoms with E-state index in [4.69, 9.17) is 14.8 Å². The Morgan fingerprint density at radius 1 is 1.09 bits per heavy atom. The summed E-state index contributed by atoms with van der Waals surface area (Å²) in [5, 5.41) is 16.3. The van der Waals surface area contributed by atoms with Gasteiger partial charge in [-0.15, -0.1) is 0 Å². The zero-order valence-corrected chi connectivity index (χ0v) is 18.9. The van der Waals surface area contributed by atoms with Gasteiger partial charge >= 0.3 is 0 Å². The van der Waals surface area contributed by atoms with Gasteiger partial charge in [0, 0.05) is 44.8 Å². The van der Waals surface area contributed by atoms with Crippen LogP contribution in [0.25, 0.3) is 6.08 Å². The molecule has 1 N–H and O–H groups in total. The molecule has 0 saturated carbocycles. The van der Waals surface area contributed by atoms with E-state index in [2.05, 4.69) is 63.4 Å². The minimum absolute atomic E-state index is 0.0121. The van der Waals surface area contributed by atoms with E-state index in [-0.39, 0.29) is 12.0 Å². The Morgan fingerprint density at radius 2 is 1.88 bits per heavy atom. The molecule has 0 radical (unpaired) electrons. The zero-order valence-electron chi connectivity index (χ0n) is 18.9. The lowest BCUT2D eigenvalue weighted by Gasteiger charge is -2.36. The van der Waals surface area contributed by atoms with Crippen molar-refractivity contribution in [2.24, 2.45) is 16.2 Å². The first kappa shape index (κ1) is 21.7. The molecule has 0 aromatic heterocycles. The maximum absolute atomic E-state index is 8.76. The van der Waals surface area contributed by atoms with Crippen molar-refractivity contribution in [2.45, 2.75) is 13.0 Å². The summed E-state index contributed by atoms with van der Waals surface area (Å²) in [5.41, 5.74) is 5.37. The molecule has 1 saturated heterocycles. The lowest BCUT2D eigenvalue weighted by atomic mass is 9.89. The average Bonchev–Trinajstić information content (AvgIpc) is 3.24. The highest BCUT2D eigenvalue weighted by molar-refractivity contribution is 6.06. The number of hydrogen-bond acceptors (Lipinski definition) is 7. The number of hydrogen-bond donors (Lipinski definition) is 1. The zero-order chi connectivity index (χ0) is 22.6. The highest BCUT2D eigenvalue weighted by atomic mass is 16.6. The molecule has 0 aliphatic carbocycles. The Balaban J connectivity index is 1.13. The van der Waals surface area contributed by atoms with Crippen LogP contribution in [-0.2, 0) is 4.84 Å². The summed E-state index contributed by atoms with van der Waals surface area (Å²) in [6, 6.07) is 16.2. The second kappa shape index (κ2) is 9.77. The fourth-order valence-corrected chi connectivity index (χ4v) is 4.85. The first-order valence-corrected chi connectivity index (χ1v) is 11.5. The van der Waals surface area contributed by atoms with Gasteiger partial charge in [-0.25, -0.2) is 0 Å². The molecular weight excluding hydrogens is 416 g/mol. The van der Waals surface area contributed by atoms with Gasteiger partial charge in [0.1, 0.15) is 18.1 Å². The minimum Gasteiger partial charge on any atom is -0.492 e. The number of nitrogens with zero attached hydrogens (tertiary/aromatic N) is 4. The number of piperazine rings is 1. The predicted molar refractivity (Wildman–Crippen MR) is 129 cm³/mol. The van der Waals surface area contributed by atoms with Crippen molar-refractivity contribution in [3.05, 3.63) is 70.8 Å². The van der Waals surface area contributed by atoms with E-state index >= 15 is 0 Å². The normalized spacial score (nSPS) is 23.5. The van der Waals surface area contributed by atoms with Gasteiger partial charge in [-0.3, -0.25) is 9.80 Å². The summed E-state index contributed by atoms with van der Waals surface area (Å²) >= 11 is 0. The molecular formula is C26H30N4O3. The Bertz CT molecular complexity index is 1060. The van der Waals surface area contributed by atoms with Gasteiger partial charge in [-0.05, 0) is 30.2 Å². The van der Waals surface area contributed by atoms with Crippen molar-refractivity contribution in [1.29, 1.82) is 0 Å². The summed E-state index contributed by atoms with van der Waals surface area (Å²) in [6.45, 7) is 8.80. The van der Waals surface area contributed by atoms with Crippen LogP contribution in [0.2, 0.25) is 0 Å². The van der Waals surface area contributed by atoms with E-state index in [0.717, 1.165) is 61.9 Å². The monoisotopic (exact) mass is 446 g/mol. The summed E-state index contributed by atoms with van der Waals surface area (Å²) in [6.07, 6.45) is 3.68. The topological polar surface area (TPSA) is 69.9 Å². The predicted octanol–water partition coefficient (Wildman–Crippen LogP) is 3.33. The van der Waals surface area contributed by atoms with Crippen LogP contribution in [0.5, 0.6) is 5.75 Å². The van der Waals surface area contributed by atoms with Gasteiger partial charge < -0.3 is 14.8 Å². The van der Waals surface area contributed by atoms with E-state index in [9.17, 15) is 0 Å². The van der Waals surface area contributed by atoms with Crippen LogP contribution >= 0.6 is 0 Å². The minimum atomic E-state index is 0.0121.